The lowest BCUT2D eigenvalue weighted by atomic mass is 10.2. The van der Waals surface area contributed by atoms with Gasteiger partial charge in [-0.2, -0.15) is 0 Å². The lowest BCUT2D eigenvalue weighted by Gasteiger charge is -2.16. The number of nitrogens with one attached hydrogen (secondary N) is 1. The van der Waals surface area contributed by atoms with Gasteiger partial charge in [0.25, 0.3) is 0 Å². The second kappa shape index (κ2) is 4.73. The normalized spacial score (nSPS) is 25.7. The molecule has 3 nitrogen and oxygen atoms in total. The van der Waals surface area contributed by atoms with Gasteiger partial charge in [-0.25, -0.2) is 0 Å². The Kier molecular flexibility index (Phi) is 3.34. The molecule has 0 bridgehead atoms. The molecule has 82 valence electrons. The van der Waals surface area contributed by atoms with E-state index in [1.807, 2.05) is 19.2 Å². The third kappa shape index (κ3) is 2.76. The van der Waals surface area contributed by atoms with E-state index in [0.29, 0.717) is 0 Å². The zero-order chi connectivity index (χ0) is 10.7. The fourth-order valence-corrected chi connectivity index (χ4v) is 2.03. The van der Waals surface area contributed by atoms with Crippen LogP contribution in [0.15, 0.2) is 18.3 Å². The molecule has 15 heavy (non-hydrogen) atoms. The summed E-state index contributed by atoms with van der Waals surface area (Å²) in [6.07, 6.45) is 4.88. The molecule has 0 amide bonds. The van der Waals surface area contributed by atoms with Crippen LogP contribution in [0.25, 0.3) is 0 Å². The van der Waals surface area contributed by atoms with E-state index in [1.165, 1.54) is 5.56 Å². The molecule has 2 N–H and O–H groups in total. The summed E-state index contributed by atoms with van der Waals surface area (Å²) < 4.78 is 0. The van der Waals surface area contributed by atoms with Crippen LogP contribution in [-0.4, -0.2) is 22.2 Å². The number of pyridine rings is 1. The monoisotopic (exact) mass is 206 g/mol. The highest BCUT2D eigenvalue weighted by Gasteiger charge is 2.24. The molecule has 1 aromatic rings. The smallest absolute Gasteiger partial charge is 0.0693 e. The summed E-state index contributed by atoms with van der Waals surface area (Å²) in [5, 5.41) is 13.0. The SMILES string of the molecule is Cc1ccc(CNC2CCCC2O)cn1. The van der Waals surface area contributed by atoms with E-state index in [0.717, 1.165) is 31.5 Å². The van der Waals surface area contributed by atoms with Gasteiger partial charge < -0.3 is 10.4 Å². The first kappa shape index (κ1) is 10.6. The number of nitrogens with zero attached hydrogens (tertiary/aromatic N) is 1. The second-order valence-corrected chi connectivity index (χ2v) is 4.29. The van der Waals surface area contributed by atoms with Crippen molar-refractivity contribution >= 4 is 0 Å². The van der Waals surface area contributed by atoms with Gasteiger partial charge in [0.1, 0.15) is 0 Å². The highest BCUT2D eigenvalue weighted by molar-refractivity contribution is 5.13. The number of rotatable bonds is 3. The lowest BCUT2D eigenvalue weighted by molar-refractivity contribution is 0.148. The zero-order valence-electron chi connectivity index (χ0n) is 9.11. The third-order valence-corrected chi connectivity index (χ3v) is 3.02. The van der Waals surface area contributed by atoms with Crippen molar-refractivity contribution in [3.63, 3.8) is 0 Å². The molecule has 2 atom stereocenters. The fraction of sp³-hybridized carbons (Fsp3) is 0.583. The van der Waals surface area contributed by atoms with Gasteiger partial charge in [0.2, 0.25) is 0 Å². The Labute approximate surface area is 90.5 Å². The van der Waals surface area contributed by atoms with Crippen molar-refractivity contribution in [2.75, 3.05) is 0 Å². The molecular formula is C12H18N2O. The second-order valence-electron chi connectivity index (χ2n) is 4.29. The Morgan fingerprint density at radius 2 is 2.33 bits per heavy atom. The van der Waals surface area contributed by atoms with Crippen molar-refractivity contribution in [1.29, 1.82) is 0 Å². The third-order valence-electron chi connectivity index (χ3n) is 3.02. The Hall–Kier alpha value is -0.930. The molecule has 0 aromatic carbocycles. The van der Waals surface area contributed by atoms with E-state index in [4.69, 9.17) is 0 Å². The summed E-state index contributed by atoms with van der Waals surface area (Å²) in [6, 6.07) is 4.37. The van der Waals surface area contributed by atoms with Gasteiger partial charge in [0.15, 0.2) is 0 Å². The Bertz CT molecular complexity index is 310. The summed E-state index contributed by atoms with van der Waals surface area (Å²) in [4.78, 5) is 4.24. The van der Waals surface area contributed by atoms with Crippen LogP contribution < -0.4 is 5.32 Å². The topological polar surface area (TPSA) is 45.1 Å². The quantitative estimate of drug-likeness (QED) is 0.785. The molecule has 1 aromatic heterocycles. The van der Waals surface area contributed by atoms with E-state index in [2.05, 4.69) is 16.4 Å². The highest BCUT2D eigenvalue weighted by Crippen LogP contribution is 2.19. The Morgan fingerprint density at radius 3 is 2.93 bits per heavy atom. The maximum atomic E-state index is 9.63. The maximum Gasteiger partial charge on any atom is 0.0693 e. The number of hydrogen-bond acceptors (Lipinski definition) is 3. The van der Waals surface area contributed by atoms with Gasteiger partial charge in [-0.1, -0.05) is 6.07 Å². The molecule has 1 aliphatic rings. The van der Waals surface area contributed by atoms with Crippen LogP contribution in [0.1, 0.15) is 30.5 Å². The minimum atomic E-state index is -0.164. The molecule has 3 heteroatoms. The molecule has 0 aliphatic heterocycles. The molecule has 0 spiro atoms. The van der Waals surface area contributed by atoms with Crippen molar-refractivity contribution in [2.24, 2.45) is 0 Å². The number of aryl methyl sites for hydroxylation is 1. The summed E-state index contributed by atoms with van der Waals surface area (Å²) in [6.45, 7) is 2.78. The predicted molar refractivity (Wildman–Crippen MR) is 59.5 cm³/mol. The van der Waals surface area contributed by atoms with Crippen LogP contribution in [-0.2, 0) is 6.54 Å². The van der Waals surface area contributed by atoms with Crippen LogP contribution in [0.5, 0.6) is 0 Å². The van der Waals surface area contributed by atoms with Crippen LogP contribution in [0.4, 0.5) is 0 Å². The summed E-state index contributed by atoms with van der Waals surface area (Å²) >= 11 is 0. The Balaban J connectivity index is 1.85. The lowest BCUT2D eigenvalue weighted by Crippen LogP contribution is -2.35. The van der Waals surface area contributed by atoms with Crippen LogP contribution in [0, 0.1) is 6.92 Å². The zero-order valence-corrected chi connectivity index (χ0v) is 9.11. The van der Waals surface area contributed by atoms with E-state index < -0.39 is 0 Å². The minimum Gasteiger partial charge on any atom is -0.392 e. The molecule has 1 saturated carbocycles. The van der Waals surface area contributed by atoms with Crippen LogP contribution in [0.2, 0.25) is 0 Å². The molecule has 0 radical (unpaired) electrons. The van der Waals surface area contributed by atoms with Crippen molar-refractivity contribution in [3.05, 3.63) is 29.6 Å². The number of aliphatic hydroxyl groups excluding tert-OH is 1. The number of aromatic nitrogens is 1. The van der Waals surface area contributed by atoms with Crippen LogP contribution in [0.3, 0.4) is 0 Å². The molecule has 1 fully saturated rings. The summed E-state index contributed by atoms with van der Waals surface area (Å²) in [7, 11) is 0. The Morgan fingerprint density at radius 1 is 1.47 bits per heavy atom. The molecular weight excluding hydrogens is 188 g/mol. The van der Waals surface area contributed by atoms with Gasteiger partial charge in [0.05, 0.1) is 6.10 Å². The average Bonchev–Trinajstić information content (AvgIpc) is 2.63. The molecule has 1 heterocycles. The number of hydrogen-bond donors (Lipinski definition) is 2. The van der Waals surface area contributed by atoms with E-state index in [1.54, 1.807) is 0 Å². The van der Waals surface area contributed by atoms with E-state index in [-0.39, 0.29) is 12.1 Å². The molecule has 0 saturated heterocycles. The summed E-state index contributed by atoms with van der Waals surface area (Å²) in [5.74, 6) is 0. The summed E-state index contributed by atoms with van der Waals surface area (Å²) in [5.41, 5.74) is 2.22. The standard InChI is InChI=1S/C12H18N2O/c1-9-5-6-10(7-13-9)8-14-11-3-2-4-12(11)15/h5-7,11-12,14-15H,2-4,8H2,1H3. The first-order valence-electron chi connectivity index (χ1n) is 5.58. The van der Waals surface area contributed by atoms with Gasteiger partial charge >= 0.3 is 0 Å². The molecule has 2 rings (SSSR count). The van der Waals surface area contributed by atoms with Crippen molar-refractivity contribution < 1.29 is 5.11 Å². The van der Waals surface area contributed by atoms with Crippen molar-refractivity contribution in [1.82, 2.24) is 10.3 Å². The largest absolute Gasteiger partial charge is 0.392 e. The van der Waals surface area contributed by atoms with Gasteiger partial charge in [-0.05, 0) is 37.8 Å². The number of aliphatic hydroxyl groups is 1. The fourth-order valence-electron chi connectivity index (χ4n) is 2.03. The van der Waals surface area contributed by atoms with Gasteiger partial charge in [-0.3, -0.25) is 4.98 Å². The first-order chi connectivity index (χ1) is 7.25. The predicted octanol–water partition coefficient (Wildman–Crippen LogP) is 1.39. The minimum absolute atomic E-state index is 0.164. The maximum absolute atomic E-state index is 9.63. The van der Waals surface area contributed by atoms with Crippen molar-refractivity contribution in [3.8, 4) is 0 Å². The van der Waals surface area contributed by atoms with Crippen molar-refractivity contribution in [2.45, 2.75) is 44.9 Å². The van der Waals surface area contributed by atoms with Crippen LogP contribution >= 0.6 is 0 Å². The van der Waals surface area contributed by atoms with Gasteiger partial charge in [-0.15, -0.1) is 0 Å². The average molecular weight is 206 g/mol. The first-order valence-corrected chi connectivity index (χ1v) is 5.58. The van der Waals surface area contributed by atoms with E-state index in [9.17, 15) is 5.11 Å². The molecule has 1 aliphatic carbocycles. The van der Waals surface area contributed by atoms with E-state index >= 15 is 0 Å². The van der Waals surface area contributed by atoms with Gasteiger partial charge in [0, 0.05) is 24.5 Å². The molecule has 2 unspecified atom stereocenters. The highest BCUT2D eigenvalue weighted by atomic mass is 16.3.